The molecule has 0 bridgehead atoms. The minimum absolute atomic E-state index is 0.275. The van der Waals surface area contributed by atoms with Crippen LogP contribution in [0.4, 0.5) is 11.7 Å². The van der Waals surface area contributed by atoms with Crippen LogP contribution in [-0.4, -0.2) is 16.2 Å². The molecule has 24 heavy (non-hydrogen) atoms. The lowest BCUT2D eigenvalue weighted by atomic mass is 9.88. The summed E-state index contributed by atoms with van der Waals surface area (Å²) in [6.45, 7) is 0. The molecule has 122 valence electrons. The van der Waals surface area contributed by atoms with Gasteiger partial charge in [-0.25, -0.2) is 4.98 Å². The molecule has 0 aliphatic heterocycles. The monoisotopic (exact) mass is 384 g/mol. The van der Waals surface area contributed by atoms with Crippen molar-refractivity contribution in [1.29, 1.82) is 0 Å². The molecule has 5 heteroatoms. The lowest BCUT2D eigenvalue weighted by Crippen LogP contribution is -2.19. The molecule has 0 saturated carbocycles. The van der Waals surface area contributed by atoms with Gasteiger partial charge in [-0.15, -0.1) is 0 Å². The highest BCUT2D eigenvalue weighted by molar-refractivity contribution is 9.10. The zero-order valence-corrected chi connectivity index (χ0v) is 14.6. The van der Waals surface area contributed by atoms with Crippen LogP contribution in [0.2, 0.25) is 0 Å². The molecular weight excluding hydrogens is 368 g/mol. The number of hydrogen-bond acceptors (Lipinski definition) is 4. The van der Waals surface area contributed by atoms with Gasteiger partial charge in [-0.1, -0.05) is 40.2 Å². The lowest BCUT2D eigenvalue weighted by molar-refractivity contribution is 0.159. The van der Waals surface area contributed by atoms with Crippen molar-refractivity contribution in [3.05, 3.63) is 64.3 Å². The van der Waals surface area contributed by atoms with E-state index in [4.69, 9.17) is 4.42 Å². The van der Waals surface area contributed by atoms with Crippen LogP contribution in [0, 0.1) is 0 Å². The molecule has 1 unspecified atom stereocenters. The highest BCUT2D eigenvalue weighted by atomic mass is 79.9. The number of nitrogens with one attached hydrogen (secondary N) is 1. The Labute approximate surface area is 148 Å². The molecule has 0 saturated heterocycles. The molecule has 4 rings (SSSR count). The summed E-state index contributed by atoms with van der Waals surface area (Å²) in [4.78, 5) is 4.33. The number of anilines is 2. The predicted octanol–water partition coefficient (Wildman–Crippen LogP) is 4.70. The summed E-state index contributed by atoms with van der Waals surface area (Å²) >= 11 is 3.43. The van der Waals surface area contributed by atoms with Crippen LogP contribution >= 0.6 is 15.9 Å². The van der Waals surface area contributed by atoms with Gasteiger partial charge in [-0.2, -0.15) is 0 Å². The summed E-state index contributed by atoms with van der Waals surface area (Å²) in [5.74, 6) is 0.717. The Morgan fingerprint density at radius 2 is 2.00 bits per heavy atom. The van der Waals surface area contributed by atoms with Gasteiger partial charge in [0.1, 0.15) is 0 Å². The van der Waals surface area contributed by atoms with Crippen molar-refractivity contribution in [3.63, 3.8) is 0 Å². The molecule has 2 aromatic carbocycles. The van der Waals surface area contributed by atoms with E-state index in [1.54, 1.807) is 6.20 Å². The van der Waals surface area contributed by atoms with Crippen molar-refractivity contribution in [2.24, 2.45) is 0 Å². The van der Waals surface area contributed by atoms with Gasteiger partial charge in [-0.05, 0) is 42.2 Å². The van der Waals surface area contributed by atoms with Gasteiger partial charge < -0.3 is 14.8 Å². The second-order valence-electron chi connectivity index (χ2n) is 6.00. The minimum Gasteiger partial charge on any atom is -0.423 e. The summed E-state index contributed by atoms with van der Waals surface area (Å²) < 4.78 is 6.86. The number of hydrogen-bond donors (Lipinski definition) is 2. The second kappa shape index (κ2) is 6.42. The van der Waals surface area contributed by atoms with E-state index < -0.39 is 0 Å². The maximum atomic E-state index is 9.95. The standard InChI is InChI=1S/C19H17BrN2O2/c20-14-7-4-13(5-8-14)18-11-21-19(24-18)22-17-3-1-2-12-6-9-15(23)10-16(12)17/h1-5,7-8,11,15,23H,6,9-10H2,(H,21,22). The Morgan fingerprint density at radius 1 is 1.17 bits per heavy atom. The van der Waals surface area contributed by atoms with Gasteiger partial charge in [-0.3, -0.25) is 0 Å². The molecule has 0 radical (unpaired) electrons. The number of aliphatic hydroxyl groups excluding tert-OH is 1. The lowest BCUT2D eigenvalue weighted by Gasteiger charge is -2.23. The first-order valence-corrected chi connectivity index (χ1v) is 8.76. The van der Waals surface area contributed by atoms with Gasteiger partial charge in [0.25, 0.3) is 6.01 Å². The number of nitrogens with zero attached hydrogens (tertiary/aromatic N) is 1. The van der Waals surface area contributed by atoms with E-state index in [9.17, 15) is 5.11 Å². The summed E-state index contributed by atoms with van der Waals surface area (Å²) in [6.07, 6.45) is 3.84. The van der Waals surface area contributed by atoms with E-state index in [1.165, 1.54) is 5.56 Å². The molecule has 1 aromatic heterocycles. The van der Waals surface area contributed by atoms with Crippen molar-refractivity contribution >= 4 is 27.6 Å². The third-order valence-corrected chi connectivity index (χ3v) is 4.86. The number of halogens is 1. The van der Waals surface area contributed by atoms with Crippen LogP contribution in [-0.2, 0) is 12.8 Å². The smallest absolute Gasteiger partial charge is 0.299 e. The number of aromatic nitrogens is 1. The van der Waals surface area contributed by atoms with Crippen molar-refractivity contribution in [2.45, 2.75) is 25.4 Å². The predicted molar refractivity (Wildman–Crippen MR) is 97.4 cm³/mol. The average molecular weight is 385 g/mol. The van der Waals surface area contributed by atoms with E-state index in [-0.39, 0.29) is 6.10 Å². The Kier molecular flexibility index (Phi) is 4.12. The highest BCUT2D eigenvalue weighted by Crippen LogP contribution is 2.31. The molecule has 1 atom stereocenters. The first kappa shape index (κ1) is 15.4. The van der Waals surface area contributed by atoms with Gasteiger partial charge in [0.2, 0.25) is 0 Å². The van der Waals surface area contributed by atoms with E-state index in [0.29, 0.717) is 12.4 Å². The Morgan fingerprint density at radius 3 is 2.83 bits per heavy atom. The summed E-state index contributed by atoms with van der Waals surface area (Å²) in [5, 5.41) is 13.2. The van der Waals surface area contributed by atoms with Crippen LogP contribution in [0.5, 0.6) is 0 Å². The van der Waals surface area contributed by atoms with E-state index in [1.807, 2.05) is 36.4 Å². The second-order valence-corrected chi connectivity index (χ2v) is 6.92. The third-order valence-electron chi connectivity index (χ3n) is 4.34. The molecule has 1 heterocycles. The average Bonchev–Trinajstić information content (AvgIpc) is 3.05. The number of oxazole rings is 1. The quantitative estimate of drug-likeness (QED) is 0.687. The zero-order chi connectivity index (χ0) is 16.5. The number of aryl methyl sites for hydroxylation is 1. The van der Waals surface area contributed by atoms with Crippen molar-refractivity contribution < 1.29 is 9.52 Å². The minimum atomic E-state index is -0.275. The Hall–Kier alpha value is -2.11. The number of aliphatic hydroxyl groups is 1. The van der Waals surface area contributed by atoms with Crippen molar-refractivity contribution in [1.82, 2.24) is 4.98 Å². The molecule has 4 nitrogen and oxygen atoms in total. The first-order chi connectivity index (χ1) is 11.7. The number of rotatable bonds is 3. The Balaban J connectivity index is 1.60. The molecule has 3 aromatic rings. The van der Waals surface area contributed by atoms with Gasteiger partial charge in [0.05, 0.1) is 12.3 Å². The molecule has 0 fully saturated rings. The molecular formula is C19H17BrN2O2. The maximum absolute atomic E-state index is 9.95. The number of fused-ring (bicyclic) bond motifs is 1. The molecule has 1 aliphatic rings. The van der Waals surface area contributed by atoms with E-state index >= 15 is 0 Å². The molecule has 0 spiro atoms. The van der Waals surface area contributed by atoms with E-state index in [0.717, 1.165) is 39.9 Å². The largest absolute Gasteiger partial charge is 0.423 e. The molecule has 1 aliphatic carbocycles. The van der Waals surface area contributed by atoms with Crippen LogP contribution in [0.3, 0.4) is 0 Å². The van der Waals surface area contributed by atoms with Crippen LogP contribution in [0.15, 0.2) is 57.6 Å². The Bertz CT molecular complexity index is 858. The number of benzene rings is 2. The first-order valence-electron chi connectivity index (χ1n) is 7.96. The zero-order valence-electron chi connectivity index (χ0n) is 13.0. The fraction of sp³-hybridized carbons (Fsp3) is 0.211. The van der Waals surface area contributed by atoms with Gasteiger partial charge >= 0.3 is 0 Å². The van der Waals surface area contributed by atoms with Crippen LogP contribution < -0.4 is 5.32 Å². The van der Waals surface area contributed by atoms with E-state index in [2.05, 4.69) is 32.3 Å². The summed E-state index contributed by atoms with van der Waals surface area (Å²) in [6, 6.07) is 14.5. The normalized spacial score (nSPS) is 16.7. The van der Waals surface area contributed by atoms with Crippen LogP contribution in [0.25, 0.3) is 11.3 Å². The molecule has 2 N–H and O–H groups in total. The van der Waals surface area contributed by atoms with Crippen molar-refractivity contribution in [3.8, 4) is 11.3 Å². The fourth-order valence-corrected chi connectivity index (χ4v) is 3.35. The maximum Gasteiger partial charge on any atom is 0.299 e. The third kappa shape index (κ3) is 3.09. The SMILES string of the molecule is OC1CCc2cccc(Nc3ncc(-c4ccc(Br)cc4)o3)c2C1. The fourth-order valence-electron chi connectivity index (χ4n) is 3.08. The van der Waals surface area contributed by atoms with Crippen molar-refractivity contribution in [2.75, 3.05) is 5.32 Å². The molecule has 0 amide bonds. The van der Waals surface area contributed by atoms with Gasteiger partial charge in [0, 0.05) is 22.1 Å². The highest BCUT2D eigenvalue weighted by Gasteiger charge is 2.19. The summed E-state index contributed by atoms with van der Waals surface area (Å²) in [5.41, 5.74) is 4.37. The van der Waals surface area contributed by atoms with Gasteiger partial charge in [0.15, 0.2) is 5.76 Å². The summed E-state index contributed by atoms with van der Waals surface area (Å²) in [7, 11) is 0. The topological polar surface area (TPSA) is 58.3 Å². The van der Waals surface area contributed by atoms with Crippen LogP contribution in [0.1, 0.15) is 17.5 Å².